The Labute approximate surface area is 162 Å². The fourth-order valence-corrected chi connectivity index (χ4v) is 4.26. The van der Waals surface area contributed by atoms with Gasteiger partial charge in [0.1, 0.15) is 0 Å². The normalized spacial score (nSPS) is 19.6. The van der Waals surface area contributed by atoms with Crippen molar-refractivity contribution in [3.8, 4) is 0 Å². The van der Waals surface area contributed by atoms with Gasteiger partial charge in [-0.2, -0.15) is 0 Å². The Morgan fingerprint density at radius 3 is 2.43 bits per heavy atom. The van der Waals surface area contributed by atoms with Crippen LogP contribution in [0.4, 0.5) is 11.4 Å². The molecule has 1 aliphatic heterocycles. The predicted molar refractivity (Wildman–Crippen MR) is 105 cm³/mol. The van der Waals surface area contributed by atoms with Gasteiger partial charge in [0.2, 0.25) is 5.91 Å². The summed E-state index contributed by atoms with van der Waals surface area (Å²) in [4.78, 5) is 38.0. The minimum absolute atomic E-state index is 0.0279. The van der Waals surface area contributed by atoms with Crippen molar-refractivity contribution >= 4 is 23.1 Å². The van der Waals surface area contributed by atoms with Crippen LogP contribution in [0, 0.1) is 17.0 Å². The molecule has 2 aromatic rings. The second kappa shape index (κ2) is 7.03. The van der Waals surface area contributed by atoms with Crippen LogP contribution in [-0.4, -0.2) is 16.6 Å². The summed E-state index contributed by atoms with van der Waals surface area (Å²) in [6.45, 7) is 2.00. The molecule has 1 heterocycles. The second-order valence-corrected chi connectivity index (χ2v) is 7.25. The zero-order chi connectivity index (χ0) is 19.8. The second-order valence-electron chi connectivity index (χ2n) is 7.25. The molecule has 28 heavy (non-hydrogen) atoms. The first kappa shape index (κ1) is 18.1. The number of nitro benzene ring substituents is 1. The lowest BCUT2D eigenvalue weighted by molar-refractivity contribution is -0.384. The van der Waals surface area contributed by atoms with Crippen LogP contribution in [-0.2, 0) is 9.59 Å². The van der Waals surface area contributed by atoms with Crippen LogP contribution in [0.5, 0.6) is 0 Å². The largest absolute Gasteiger partial charge is 0.294 e. The smallest absolute Gasteiger partial charge is 0.269 e. The number of Topliss-reactive ketones (excluding diaryl/α,β-unsaturated/α-hetero) is 1. The number of aryl methyl sites for hydroxylation is 1. The number of rotatable bonds is 3. The molecule has 2 aromatic carbocycles. The van der Waals surface area contributed by atoms with Crippen LogP contribution in [0.2, 0.25) is 0 Å². The minimum Gasteiger partial charge on any atom is -0.294 e. The number of nitro groups is 1. The molecule has 1 amide bonds. The predicted octanol–water partition coefficient (Wildman–Crippen LogP) is 4.43. The number of anilines is 1. The van der Waals surface area contributed by atoms with Gasteiger partial charge in [-0.05, 0) is 43.0 Å². The van der Waals surface area contributed by atoms with E-state index in [0.717, 1.165) is 22.4 Å². The third-order valence-electron chi connectivity index (χ3n) is 5.56. The summed E-state index contributed by atoms with van der Waals surface area (Å²) in [6.07, 6.45) is 2.05. The van der Waals surface area contributed by atoms with E-state index in [-0.39, 0.29) is 29.7 Å². The Morgan fingerprint density at radius 2 is 1.75 bits per heavy atom. The first-order chi connectivity index (χ1) is 13.5. The summed E-state index contributed by atoms with van der Waals surface area (Å²) in [5.74, 6) is -0.227. The lowest BCUT2D eigenvalue weighted by Gasteiger charge is -2.38. The third kappa shape index (κ3) is 3.01. The molecular weight excluding hydrogens is 356 g/mol. The van der Waals surface area contributed by atoms with Crippen molar-refractivity contribution in [3.05, 3.63) is 81.0 Å². The molecule has 6 heteroatoms. The van der Waals surface area contributed by atoms with E-state index in [9.17, 15) is 19.7 Å². The molecule has 0 fully saturated rings. The molecule has 0 radical (unpaired) electrons. The van der Waals surface area contributed by atoms with E-state index in [2.05, 4.69) is 0 Å². The Kier molecular flexibility index (Phi) is 4.55. The lowest BCUT2D eigenvalue weighted by atomic mass is 9.76. The van der Waals surface area contributed by atoms with E-state index in [1.807, 2.05) is 31.2 Å². The maximum Gasteiger partial charge on any atom is 0.269 e. The number of hydrogen-bond donors (Lipinski definition) is 0. The summed E-state index contributed by atoms with van der Waals surface area (Å²) in [6, 6.07) is 13.8. The average molecular weight is 376 g/mol. The van der Waals surface area contributed by atoms with Gasteiger partial charge in [0.15, 0.2) is 5.78 Å². The summed E-state index contributed by atoms with van der Waals surface area (Å²) in [5.41, 5.74) is 4.09. The fraction of sp³-hybridized carbons (Fsp3) is 0.273. The number of benzene rings is 2. The third-order valence-corrected chi connectivity index (χ3v) is 5.56. The van der Waals surface area contributed by atoms with Crippen LogP contribution in [0.15, 0.2) is 59.8 Å². The number of allylic oxidation sites excluding steroid dienone is 2. The van der Waals surface area contributed by atoms with Crippen molar-refractivity contribution in [2.24, 2.45) is 0 Å². The number of carbonyl (C=O) groups is 2. The van der Waals surface area contributed by atoms with Gasteiger partial charge in [0, 0.05) is 47.8 Å². The molecule has 0 N–H and O–H groups in total. The maximum absolute atomic E-state index is 13.1. The lowest BCUT2D eigenvalue weighted by Crippen LogP contribution is -2.40. The standard InChI is InChI=1S/C22H20N2O4/c1-14-5-2-3-6-17(14)18-13-21(26)23(19-7-4-8-20(25)22(18)19)15-9-11-16(12-10-15)24(27)28/h2-3,5-6,9-12,18H,4,7-8,13H2,1H3. The van der Waals surface area contributed by atoms with Crippen molar-refractivity contribution in [1.29, 1.82) is 0 Å². The minimum atomic E-state index is -0.467. The fourth-order valence-electron chi connectivity index (χ4n) is 4.26. The summed E-state index contributed by atoms with van der Waals surface area (Å²) in [7, 11) is 0. The van der Waals surface area contributed by atoms with Gasteiger partial charge in [0.25, 0.3) is 5.69 Å². The zero-order valence-electron chi connectivity index (χ0n) is 15.6. The molecule has 0 bridgehead atoms. The van der Waals surface area contributed by atoms with Crippen molar-refractivity contribution in [1.82, 2.24) is 0 Å². The van der Waals surface area contributed by atoms with Crippen molar-refractivity contribution in [2.45, 2.75) is 38.5 Å². The number of hydrogen-bond acceptors (Lipinski definition) is 4. The number of ketones is 1. The van der Waals surface area contributed by atoms with E-state index in [4.69, 9.17) is 0 Å². The van der Waals surface area contributed by atoms with E-state index >= 15 is 0 Å². The van der Waals surface area contributed by atoms with Gasteiger partial charge < -0.3 is 0 Å². The summed E-state index contributed by atoms with van der Waals surface area (Å²) in [5, 5.41) is 10.9. The molecule has 2 aliphatic rings. The Hall–Kier alpha value is -3.28. The molecular formula is C22H20N2O4. The number of nitrogens with zero attached hydrogens (tertiary/aromatic N) is 2. The van der Waals surface area contributed by atoms with Crippen LogP contribution in [0.25, 0.3) is 0 Å². The molecule has 4 rings (SSSR count). The van der Waals surface area contributed by atoms with Crippen molar-refractivity contribution in [2.75, 3.05) is 4.90 Å². The van der Waals surface area contributed by atoms with E-state index in [1.54, 1.807) is 17.0 Å². The van der Waals surface area contributed by atoms with E-state index < -0.39 is 4.92 Å². The average Bonchev–Trinajstić information content (AvgIpc) is 2.68. The summed E-state index contributed by atoms with van der Waals surface area (Å²) >= 11 is 0. The maximum atomic E-state index is 13.1. The highest BCUT2D eigenvalue weighted by Crippen LogP contribution is 2.44. The SMILES string of the molecule is Cc1ccccc1C1CC(=O)N(c2ccc([N+](=O)[O-])cc2)C2=C1C(=O)CCC2. The molecule has 6 nitrogen and oxygen atoms in total. The van der Waals surface area contributed by atoms with Crippen LogP contribution in [0.1, 0.15) is 42.7 Å². The van der Waals surface area contributed by atoms with Gasteiger partial charge >= 0.3 is 0 Å². The van der Waals surface area contributed by atoms with Crippen LogP contribution >= 0.6 is 0 Å². The molecule has 1 aliphatic carbocycles. The molecule has 0 aromatic heterocycles. The first-order valence-electron chi connectivity index (χ1n) is 9.36. The molecule has 1 unspecified atom stereocenters. The van der Waals surface area contributed by atoms with E-state index in [1.165, 1.54) is 12.1 Å². The molecule has 0 saturated heterocycles. The number of carbonyl (C=O) groups excluding carboxylic acids is 2. The van der Waals surface area contributed by atoms with Crippen molar-refractivity contribution < 1.29 is 14.5 Å². The highest BCUT2D eigenvalue weighted by Gasteiger charge is 2.40. The Bertz CT molecular complexity index is 1010. The van der Waals surface area contributed by atoms with Crippen molar-refractivity contribution in [3.63, 3.8) is 0 Å². The monoisotopic (exact) mass is 376 g/mol. The van der Waals surface area contributed by atoms with Crippen LogP contribution < -0.4 is 4.90 Å². The van der Waals surface area contributed by atoms with Gasteiger partial charge in [-0.25, -0.2) is 0 Å². The van der Waals surface area contributed by atoms with Crippen LogP contribution in [0.3, 0.4) is 0 Å². The Balaban J connectivity index is 1.83. The zero-order valence-corrected chi connectivity index (χ0v) is 15.6. The highest BCUT2D eigenvalue weighted by atomic mass is 16.6. The molecule has 1 atom stereocenters. The molecule has 0 saturated carbocycles. The highest BCUT2D eigenvalue weighted by molar-refractivity contribution is 6.07. The topological polar surface area (TPSA) is 80.5 Å². The van der Waals surface area contributed by atoms with Gasteiger partial charge in [-0.1, -0.05) is 24.3 Å². The molecule has 0 spiro atoms. The quantitative estimate of drug-likeness (QED) is 0.586. The first-order valence-corrected chi connectivity index (χ1v) is 9.36. The summed E-state index contributed by atoms with van der Waals surface area (Å²) < 4.78 is 0. The number of amides is 1. The van der Waals surface area contributed by atoms with E-state index in [0.29, 0.717) is 24.9 Å². The van der Waals surface area contributed by atoms with Gasteiger partial charge in [-0.15, -0.1) is 0 Å². The van der Waals surface area contributed by atoms with Gasteiger partial charge in [0.05, 0.1) is 4.92 Å². The molecule has 142 valence electrons. The number of non-ortho nitro benzene ring substituents is 1. The Morgan fingerprint density at radius 1 is 1.04 bits per heavy atom. The van der Waals surface area contributed by atoms with Gasteiger partial charge in [-0.3, -0.25) is 24.6 Å².